The molecule has 2 aromatic rings. The first kappa shape index (κ1) is 17.8. The van der Waals surface area contributed by atoms with Gasteiger partial charge < -0.3 is 4.90 Å². The van der Waals surface area contributed by atoms with Crippen LogP contribution in [0.2, 0.25) is 0 Å². The number of pyridine rings is 1. The first-order valence-corrected chi connectivity index (χ1v) is 9.35. The topological polar surface area (TPSA) is 45.2 Å². The lowest BCUT2D eigenvalue weighted by Crippen LogP contribution is -2.33. The number of hydrogen-bond acceptors (Lipinski definition) is 5. The van der Waals surface area contributed by atoms with Crippen molar-refractivity contribution in [3.05, 3.63) is 47.7 Å². The average molecular weight is 339 g/mol. The van der Waals surface area contributed by atoms with Gasteiger partial charge in [0.15, 0.2) is 0 Å². The Morgan fingerprint density at radius 1 is 1.20 bits per heavy atom. The van der Waals surface area contributed by atoms with Crippen molar-refractivity contribution in [3.8, 4) is 0 Å². The molecule has 2 aromatic heterocycles. The largest absolute Gasteiger partial charge is 0.356 e. The van der Waals surface area contributed by atoms with E-state index in [1.54, 1.807) is 0 Å². The maximum Gasteiger partial charge on any atom is 0.132 e. The fourth-order valence-corrected chi connectivity index (χ4v) is 3.56. The lowest BCUT2D eigenvalue weighted by molar-refractivity contribution is 0.215. The number of rotatable bonds is 5. The summed E-state index contributed by atoms with van der Waals surface area (Å²) in [6, 6.07) is 8.86. The van der Waals surface area contributed by atoms with Gasteiger partial charge in [-0.3, -0.25) is 9.88 Å². The van der Waals surface area contributed by atoms with E-state index < -0.39 is 0 Å². The third-order valence-electron chi connectivity index (χ3n) is 4.99. The van der Waals surface area contributed by atoms with Crippen LogP contribution in [-0.4, -0.2) is 46.0 Å². The van der Waals surface area contributed by atoms with E-state index in [9.17, 15) is 0 Å². The number of anilines is 1. The van der Waals surface area contributed by atoms with Gasteiger partial charge in [-0.25, -0.2) is 9.97 Å². The van der Waals surface area contributed by atoms with E-state index >= 15 is 0 Å². The van der Waals surface area contributed by atoms with Crippen molar-refractivity contribution in [2.24, 2.45) is 0 Å². The quantitative estimate of drug-likeness (QED) is 0.837. The van der Waals surface area contributed by atoms with Gasteiger partial charge in [0.05, 0.1) is 5.69 Å². The molecule has 1 aliphatic rings. The summed E-state index contributed by atoms with van der Waals surface area (Å²) in [6.07, 6.45) is 6.35. The minimum absolute atomic E-state index is 0.598. The highest BCUT2D eigenvalue weighted by atomic mass is 15.2. The van der Waals surface area contributed by atoms with E-state index in [1.807, 2.05) is 12.3 Å². The number of aromatic nitrogens is 3. The van der Waals surface area contributed by atoms with Crippen molar-refractivity contribution in [2.45, 2.75) is 52.1 Å². The van der Waals surface area contributed by atoms with Gasteiger partial charge in [0.25, 0.3) is 0 Å². The Hall–Kier alpha value is -2.01. The van der Waals surface area contributed by atoms with Crippen molar-refractivity contribution >= 4 is 5.82 Å². The van der Waals surface area contributed by atoms with Gasteiger partial charge in [-0.2, -0.15) is 0 Å². The van der Waals surface area contributed by atoms with Crippen molar-refractivity contribution in [1.29, 1.82) is 0 Å². The van der Waals surface area contributed by atoms with Gasteiger partial charge in [0.1, 0.15) is 11.6 Å². The van der Waals surface area contributed by atoms with Gasteiger partial charge in [-0.05, 0) is 45.4 Å². The Morgan fingerprint density at radius 2 is 2.08 bits per heavy atom. The third-order valence-corrected chi connectivity index (χ3v) is 4.99. The van der Waals surface area contributed by atoms with Crippen LogP contribution in [-0.2, 0) is 13.0 Å². The van der Waals surface area contributed by atoms with Crippen LogP contribution in [0.4, 0.5) is 5.82 Å². The molecule has 1 atom stereocenters. The summed E-state index contributed by atoms with van der Waals surface area (Å²) in [4.78, 5) is 18.6. The molecule has 0 N–H and O–H groups in total. The Balaban J connectivity index is 1.63. The molecule has 0 spiro atoms. The molecule has 1 fully saturated rings. The maximum absolute atomic E-state index is 4.75. The maximum atomic E-state index is 4.75. The van der Waals surface area contributed by atoms with Crippen molar-refractivity contribution < 1.29 is 0 Å². The van der Waals surface area contributed by atoms with Gasteiger partial charge in [-0.1, -0.05) is 13.0 Å². The van der Waals surface area contributed by atoms with Gasteiger partial charge >= 0.3 is 0 Å². The van der Waals surface area contributed by atoms with Crippen LogP contribution < -0.4 is 4.90 Å². The highest BCUT2D eigenvalue weighted by molar-refractivity contribution is 5.40. The van der Waals surface area contributed by atoms with E-state index in [0.717, 1.165) is 55.5 Å². The molecule has 1 unspecified atom stereocenters. The Kier molecular flexibility index (Phi) is 5.97. The highest BCUT2D eigenvalue weighted by Crippen LogP contribution is 2.21. The molecule has 0 amide bonds. The summed E-state index contributed by atoms with van der Waals surface area (Å²) >= 11 is 0. The van der Waals surface area contributed by atoms with Crippen LogP contribution in [0.25, 0.3) is 0 Å². The molecule has 0 bridgehead atoms. The molecule has 25 heavy (non-hydrogen) atoms. The second kappa shape index (κ2) is 8.39. The normalized spacial score (nSPS) is 18.4. The lowest BCUT2D eigenvalue weighted by Gasteiger charge is -2.27. The van der Waals surface area contributed by atoms with Crippen LogP contribution in [0.5, 0.6) is 0 Å². The van der Waals surface area contributed by atoms with Crippen molar-refractivity contribution in [2.75, 3.05) is 25.0 Å². The molecule has 5 nitrogen and oxygen atoms in total. The highest BCUT2D eigenvalue weighted by Gasteiger charge is 2.21. The molecule has 0 aromatic carbocycles. The second-order valence-corrected chi connectivity index (χ2v) is 6.95. The Labute approximate surface area is 151 Å². The molecule has 0 radical (unpaired) electrons. The Morgan fingerprint density at radius 3 is 2.84 bits per heavy atom. The molecular weight excluding hydrogens is 310 g/mol. The van der Waals surface area contributed by atoms with Gasteiger partial charge in [-0.15, -0.1) is 0 Å². The molecule has 5 heteroatoms. The SMILES string of the molecule is CCc1nc(C)cc(N2CCCC(N(C)Cc3ccccn3)CC2)n1. The van der Waals surface area contributed by atoms with E-state index in [0.29, 0.717) is 6.04 Å². The van der Waals surface area contributed by atoms with Crippen LogP contribution in [0.3, 0.4) is 0 Å². The first-order valence-electron chi connectivity index (χ1n) is 9.35. The average Bonchev–Trinajstić information content (AvgIpc) is 2.88. The van der Waals surface area contributed by atoms with Crippen LogP contribution in [0, 0.1) is 6.92 Å². The summed E-state index contributed by atoms with van der Waals surface area (Å²) in [6.45, 7) is 7.22. The first-order chi connectivity index (χ1) is 12.2. The van der Waals surface area contributed by atoms with Gasteiger partial charge in [0.2, 0.25) is 0 Å². The molecule has 3 heterocycles. The minimum Gasteiger partial charge on any atom is -0.356 e. The number of hydrogen-bond donors (Lipinski definition) is 0. The summed E-state index contributed by atoms with van der Waals surface area (Å²) in [5.74, 6) is 2.04. The van der Waals surface area contributed by atoms with E-state index in [-0.39, 0.29) is 0 Å². The molecule has 134 valence electrons. The van der Waals surface area contributed by atoms with Crippen LogP contribution >= 0.6 is 0 Å². The summed E-state index contributed by atoms with van der Waals surface area (Å²) in [5, 5.41) is 0. The van der Waals surface area contributed by atoms with Crippen LogP contribution in [0.1, 0.15) is 43.4 Å². The second-order valence-electron chi connectivity index (χ2n) is 6.95. The smallest absolute Gasteiger partial charge is 0.132 e. The predicted molar refractivity (Wildman–Crippen MR) is 102 cm³/mol. The third kappa shape index (κ3) is 4.75. The summed E-state index contributed by atoms with van der Waals surface area (Å²) in [5.41, 5.74) is 2.21. The summed E-state index contributed by atoms with van der Waals surface area (Å²) < 4.78 is 0. The molecule has 1 aliphatic heterocycles. The van der Waals surface area contributed by atoms with E-state index in [2.05, 4.69) is 58.9 Å². The van der Waals surface area contributed by atoms with Gasteiger partial charge in [0, 0.05) is 50.1 Å². The molecule has 0 saturated carbocycles. The molecule has 3 rings (SSSR count). The fourth-order valence-electron chi connectivity index (χ4n) is 3.56. The lowest BCUT2D eigenvalue weighted by atomic mass is 10.1. The zero-order valence-electron chi connectivity index (χ0n) is 15.6. The zero-order valence-corrected chi connectivity index (χ0v) is 15.6. The molecular formula is C20H29N5. The monoisotopic (exact) mass is 339 g/mol. The number of nitrogens with zero attached hydrogens (tertiary/aromatic N) is 5. The summed E-state index contributed by atoms with van der Waals surface area (Å²) in [7, 11) is 2.22. The standard InChI is InChI=1S/C20H29N5/c1-4-19-22-16(2)14-20(23-19)25-12-7-9-18(10-13-25)24(3)15-17-8-5-6-11-21-17/h5-6,8,11,14,18H,4,7,9-10,12-13,15H2,1-3H3. The Bertz CT molecular complexity index is 673. The predicted octanol–water partition coefficient (Wildman–Crippen LogP) is 3.23. The minimum atomic E-state index is 0.598. The van der Waals surface area contributed by atoms with Crippen molar-refractivity contribution in [3.63, 3.8) is 0 Å². The van der Waals surface area contributed by atoms with E-state index in [4.69, 9.17) is 4.98 Å². The molecule has 1 saturated heterocycles. The zero-order chi connectivity index (χ0) is 17.6. The van der Waals surface area contributed by atoms with E-state index in [1.165, 1.54) is 12.8 Å². The fraction of sp³-hybridized carbons (Fsp3) is 0.550. The van der Waals surface area contributed by atoms with Crippen molar-refractivity contribution in [1.82, 2.24) is 19.9 Å². The molecule has 0 aliphatic carbocycles. The van der Waals surface area contributed by atoms with Crippen LogP contribution in [0.15, 0.2) is 30.5 Å². The number of aryl methyl sites for hydroxylation is 2.